The largest absolute Gasteiger partial charge is 0.497 e. The summed E-state index contributed by atoms with van der Waals surface area (Å²) in [5.41, 5.74) is 6.12. The molecule has 6 heteroatoms. The molecule has 0 aliphatic heterocycles. The number of aryl methyl sites for hydroxylation is 1. The lowest BCUT2D eigenvalue weighted by Crippen LogP contribution is -2.41. The fraction of sp³-hybridized carbons (Fsp3) is 0.200. The molecule has 1 aromatic carbocycles. The molecule has 0 aliphatic carbocycles. The van der Waals surface area contributed by atoms with E-state index in [4.69, 9.17) is 4.74 Å². The van der Waals surface area contributed by atoms with E-state index in [1.807, 2.05) is 24.3 Å². The monoisotopic (exact) mass is 287 g/mol. The predicted molar refractivity (Wildman–Crippen MR) is 77.7 cm³/mol. The van der Waals surface area contributed by atoms with Crippen molar-refractivity contribution < 1.29 is 14.3 Å². The number of amides is 2. The van der Waals surface area contributed by atoms with Gasteiger partial charge in [-0.05, 0) is 36.2 Å². The van der Waals surface area contributed by atoms with Crippen molar-refractivity contribution in [2.45, 2.75) is 12.8 Å². The smallest absolute Gasteiger partial charge is 0.286 e. The van der Waals surface area contributed by atoms with Gasteiger partial charge in [-0.1, -0.05) is 12.1 Å². The summed E-state index contributed by atoms with van der Waals surface area (Å²) in [5.74, 6) is 0.125. The van der Waals surface area contributed by atoms with Gasteiger partial charge in [0.25, 0.3) is 5.91 Å². The number of nitrogens with one attached hydrogen (secondary N) is 3. The normalized spacial score (nSPS) is 9.95. The fourth-order valence-corrected chi connectivity index (χ4v) is 1.81. The molecule has 0 fully saturated rings. The van der Waals surface area contributed by atoms with Crippen molar-refractivity contribution in [1.29, 1.82) is 0 Å². The van der Waals surface area contributed by atoms with Crippen LogP contribution in [0.5, 0.6) is 5.75 Å². The Kier molecular flexibility index (Phi) is 4.98. The quantitative estimate of drug-likeness (QED) is 0.727. The molecule has 0 radical (unpaired) electrons. The summed E-state index contributed by atoms with van der Waals surface area (Å²) in [7, 11) is 1.60. The van der Waals surface area contributed by atoms with E-state index in [2.05, 4.69) is 15.8 Å². The van der Waals surface area contributed by atoms with Gasteiger partial charge in [-0.15, -0.1) is 0 Å². The third-order valence-electron chi connectivity index (χ3n) is 2.93. The second-order valence-electron chi connectivity index (χ2n) is 4.44. The summed E-state index contributed by atoms with van der Waals surface area (Å²) in [6.07, 6.45) is 2.49. The highest BCUT2D eigenvalue weighted by Crippen LogP contribution is 2.13. The maximum absolute atomic E-state index is 11.7. The maximum atomic E-state index is 11.7. The fourth-order valence-electron chi connectivity index (χ4n) is 1.81. The van der Waals surface area contributed by atoms with E-state index < -0.39 is 0 Å². The summed E-state index contributed by atoms with van der Waals surface area (Å²) in [6.45, 7) is 0. The van der Waals surface area contributed by atoms with Gasteiger partial charge in [-0.3, -0.25) is 20.4 Å². The van der Waals surface area contributed by atoms with Gasteiger partial charge in [-0.2, -0.15) is 0 Å². The van der Waals surface area contributed by atoms with Crippen LogP contribution in [0.4, 0.5) is 0 Å². The number of hydrogen-bond donors (Lipinski definition) is 3. The molecule has 3 N–H and O–H groups in total. The average molecular weight is 287 g/mol. The van der Waals surface area contributed by atoms with Gasteiger partial charge in [-0.25, -0.2) is 0 Å². The van der Waals surface area contributed by atoms with E-state index in [0.717, 1.165) is 11.3 Å². The minimum atomic E-state index is -0.380. The van der Waals surface area contributed by atoms with Gasteiger partial charge in [0.05, 0.1) is 7.11 Å². The highest BCUT2D eigenvalue weighted by molar-refractivity contribution is 5.93. The van der Waals surface area contributed by atoms with Gasteiger partial charge in [0.1, 0.15) is 11.4 Å². The Balaban J connectivity index is 1.75. The lowest BCUT2D eigenvalue weighted by atomic mass is 10.1. The molecule has 110 valence electrons. The van der Waals surface area contributed by atoms with Crippen LogP contribution in [-0.2, 0) is 11.2 Å². The van der Waals surface area contributed by atoms with Crippen LogP contribution in [0.2, 0.25) is 0 Å². The second kappa shape index (κ2) is 7.14. The summed E-state index contributed by atoms with van der Waals surface area (Å²) in [6, 6.07) is 10.9. The molecular weight excluding hydrogens is 270 g/mol. The van der Waals surface area contributed by atoms with E-state index in [1.165, 1.54) is 0 Å². The van der Waals surface area contributed by atoms with Crippen LogP contribution in [0.15, 0.2) is 42.6 Å². The zero-order valence-corrected chi connectivity index (χ0v) is 11.7. The molecule has 0 spiro atoms. The first-order chi connectivity index (χ1) is 10.2. The summed E-state index contributed by atoms with van der Waals surface area (Å²) >= 11 is 0. The van der Waals surface area contributed by atoms with Crippen LogP contribution in [0.25, 0.3) is 0 Å². The molecule has 0 unspecified atom stereocenters. The van der Waals surface area contributed by atoms with Crippen LogP contribution in [-0.4, -0.2) is 23.9 Å². The Bertz CT molecular complexity index is 608. The number of rotatable bonds is 5. The third-order valence-corrected chi connectivity index (χ3v) is 2.93. The number of carbonyl (C=O) groups excluding carboxylic acids is 2. The Morgan fingerprint density at radius 1 is 1.19 bits per heavy atom. The number of methoxy groups -OCH3 is 1. The molecule has 0 aliphatic rings. The molecule has 21 heavy (non-hydrogen) atoms. The van der Waals surface area contributed by atoms with Crippen LogP contribution in [0, 0.1) is 0 Å². The Morgan fingerprint density at radius 3 is 2.76 bits per heavy atom. The first kappa shape index (κ1) is 14.6. The first-order valence-corrected chi connectivity index (χ1v) is 6.54. The molecule has 0 saturated carbocycles. The summed E-state index contributed by atoms with van der Waals surface area (Å²) in [5, 5.41) is 0. The van der Waals surface area contributed by atoms with Crippen LogP contribution in [0.1, 0.15) is 22.5 Å². The lowest BCUT2D eigenvalue weighted by molar-refractivity contribution is -0.121. The summed E-state index contributed by atoms with van der Waals surface area (Å²) < 4.78 is 5.12. The molecule has 2 aromatic rings. The zero-order valence-electron chi connectivity index (χ0n) is 11.7. The van der Waals surface area contributed by atoms with Crippen molar-refractivity contribution in [2.24, 2.45) is 0 Å². The van der Waals surface area contributed by atoms with Crippen molar-refractivity contribution in [1.82, 2.24) is 15.8 Å². The maximum Gasteiger partial charge on any atom is 0.286 e. The van der Waals surface area contributed by atoms with Crippen molar-refractivity contribution in [3.05, 3.63) is 53.9 Å². The number of hydrogen-bond acceptors (Lipinski definition) is 3. The minimum Gasteiger partial charge on any atom is -0.497 e. The predicted octanol–water partition coefficient (Wildman–Crippen LogP) is 1.42. The standard InChI is InChI=1S/C15H17N3O3/c1-21-12-5-2-4-11(10-12)7-8-14(19)17-18-15(20)13-6-3-9-16-13/h2-6,9-10,16H,7-8H2,1H3,(H,17,19)(H,18,20). The highest BCUT2D eigenvalue weighted by atomic mass is 16.5. The van der Waals surface area contributed by atoms with Crippen molar-refractivity contribution in [3.8, 4) is 5.75 Å². The number of H-pyrrole nitrogens is 1. The molecule has 1 aromatic heterocycles. The van der Waals surface area contributed by atoms with Crippen molar-refractivity contribution in [3.63, 3.8) is 0 Å². The average Bonchev–Trinajstić information content (AvgIpc) is 3.05. The molecule has 6 nitrogen and oxygen atoms in total. The zero-order chi connectivity index (χ0) is 15.1. The third kappa shape index (κ3) is 4.38. The lowest BCUT2D eigenvalue weighted by Gasteiger charge is -2.07. The number of carbonyl (C=O) groups is 2. The van der Waals surface area contributed by atoms with Gasteiger partial charge in [0.15, 0.2) is 0 Å². The molecular formula is C15H17N3O3. The van der Waals surface area contributed by atoms with Crippen molar-refractivity contribution >= 4 is 11.8 Å². The van der Waals surface area contributed by atoms with Gasteiger partial charge >= 0.3 is 0 Å². The van der Waals surface area contributed by atoms with Crippen LogP contribution in [0.3, 0.4) is 0 Å². The number of hydrazine groups is 1. The molecule has 0 atom stereocenters. The Labute approximate surface area is 122 Å². The highest BCUT2D eigenvalue weighted by Gasteiger charge is 2.07. The summed E-state index contributed by atoms with van der Waals surface area (Å²) in [4.78, 5) is 26.0. The minimum absolute atomic E-state index is 0.252. The van der Waals surface area contributed by atoms with Crippen LogP contribution < -0.4 is 15.6 Å². The Morgan fingerprint density at radius 2 is 2.05 bits per heavy atom. The van der Waals surface area contributed by atoms with Gasteiger partial charge in [0, 0.05) is 12.6 Å². The Hall–Kier alpha value is -2.76. The first-order valence-electron chi connectivity index (χ1n) is 6.54. The van der Waals surface area contributed by atoms with E-state index in [0.29, 0.717) is 12.1 Å². The van der Waals surface area contributed by atoms with Gasteiger partial charge in [0.2, 0.25) is 5.91 Å². The van der Waals surface area contributed by atoms with Crippen LogP contribution >= 0.6 is 0 Å². The molecule has 0 bridgehead atoms. The van der Waals surface area contributed by atoms with E-state index >= 15 is 0 Å². The topological polar surface area (TPSA) is 83.2 Å². The van der Waals surface area contributed by atoms with Gasteiger partial charge < -0.3 is 9.72 Å². The molecule has 2 rings (SSSR count). The SMILES string of the molecule is COc1cccc(CCC(=O)NNC(=O)c2ccc[nH]2)c1. The number of aromatic amines is 1. The second-order valence-corrected chi connectivity index (χ2v) is 4.44. The van der Waals surface area contributed by atoms with E-state index in [-0.39, 0.29) is 18.2 Å². The van der Waals surface area contributed by atoms with Crippen molar-refractivity contribution in [2.75, 3.05) is 7.11 Å². The number of ether oxygens (including phenoxy) is 1. The number of benzene rings is 1. The number of aromatic nitrogens is 1. The molecule has 1 heterocycles. The van der Waals surface area contributed by atoms with E-state index in [1.54, 1.807) is 25.4 Å². The van der Waals surface area contributed by atoms with E-state index in [9.17, 15) is 9.59 Å². The molecule has 0 saturated heterocycles. The molecule has 2 amide bonds.